The lowest BCUT2D eigenvalue weighted by molar-refractivity contribution is -0.148. The lowest BCUT2D eigenvalue weighted by atomic mass is 10.1. The molecular formula is C15H21NO5. The highest BCUT2D eigenvalue weighted by atomic mass is 16.5. The lowest BCUT2D eigenvalue weighted by Gasteiger charge is -2.12. The molecule has 0 saturated heterocycles. The fourth-order valence-corrected chi connectivity index (χ4v) is 1.57. The smallest absolute Gasteiger partial charge is 0.334 e. The second-order valence-corrected chi connectivity index (χ2v) is 4.83. The summed E-state index contributed by atoms with van der Waals surface area (Å²) in [6, 6.07) is 6.97. The van der Waals surface area contributed by atoms with Gasteiger partial charge >= 0.3 is 5.97 Å². The summed E-state index contributed by atoms with van der Waals surface area (Å²) in [6.07, 6.45) is -0.900. The zero-order valence-corrected chi connectivity index (χ0v) is 12.5. The van der Waals surface area contributed by atoms with E-state index < -0.39 is 12.1 Å². The van der Waals surface area contributed by atoms with Gasteiger partial charge in [0.2, 0.25) is 0 Å². The van der Waals surface area contributed by atoms with Crippen LogP contribution in [0.25, 0.3) is 0 Å². The van der Waals surface area contributed by atoms with E-state index in [1.165, 1.54) is 7.11 Å². The molecule has 1 atom stereocenters. The largest absolute Gasteiger partial charge is 0.479 e. The molecular weight excluding hydrogens is 274 g/mol. The van der Waals surface area contributed by atoms with Crippen LogP contribution in [0.4, 0.5) is 0 Å². The van der Waals surface area contributed by atoms with E-state index in [0.717, 1.165) is 5.56 Å². The first kappa shape index (κ1) is 17.1. The van der Waals surface area contributed by atoms with Gasteiger partial charge in [-0.05, 0) is 31.5 Å². The summed E-state index contributed by atoms with van der Waals surface area (Å²) in [6.45, 7) is 4.32. The van der Waals surface area contributed by atoms with Crippen molar-refractivity contribution in [3.63, 3.8) is 0 Å². The summed E-state index contributed by atoms with van der Waals surface area (Å²) in [5.41, 5.74) is 1.43. The van der Waals surface area contributed by atoms with Gasteiger partial charge in [-0.25, -0.2) is 4.79 Å². The number of carbonyl (C=O) groups excluding carboxylic acids is 1. The molecule has 0 spiro atoms. The van der Waals surface area contributed by atoms with Gasteiger partial charge in [-0.2, -0.15) is 0 Å². The first-order valence-electron chi connectivity index (χ1n) is 6.68. The van der Waals surface area contributed by atoms with Crippen molar-refractivity contribution in [2.24, 2.45) is 0 Å². The first-order chi connectivity index (χ1) is 9.93. The fraction of sp³-hybridized carbons (Fsp3) is 0.467. The second kappa shape index (κ2) is 8.39. The molecule has 0 aliphatic rings. The zero-order chi connectivity index (χ0) is 15.8. The Hall–Kier alpha value is -1.92. The molecule has 1 unspecified atom stereocenters. The van der Waals surface area contributed by atoms with Gasteiger partial charge in [0.05, 0.1) is 19.3 Å². The molecule has 1 aromatic carbocycles. The van der Waals surface area contributed by atoms with Crippen LogP contribution >= 0.6 is 0 Å². The number of ether oxygens (including phenoxy) is 2. The van der Waals surface area contributed by atoms with E-state index in [-0.39, 0.29) is 18.6 Å². The van der Waals surface area contributed by atoms with Crippen LogP contribution in [-0.4, -0.2) is 42.8 Å². The van der Waals surface area contributed by atoms with Gasteiger partial charge in [-0.3, -0.25) is 4.79 Å². The van der Waals surface area contributed by atoms with Crippen LogP contribution in [-0.2, 0) is 20.9 Å². The average molecular weight is 295 g/mol. The maximum absolute atomic E-state index is 11.9. The quantitative estimate of drug-likeness (QED) is 0.758. The van der Waals surface area contributed by atoms with E-state index >= 15 is 0 Å². The number of hydrogen-bond acceptors (Lipinski definition) is 4. The molecule has 0 aromatic heterocycles. The van der Waals surface area contributed by atoms with Crippen LogP contribution in [0.15, 0.2) is 24.3 Å². The van der Waals surface area contributed by atoms with Crippen molar-refractivity contribution in [1.29, 1.82) is 0 Å². The summed E-state index contributed by atoms with van der Waals surface area (Å²) in [4.78, 5) is 22.6. The number of aliphatic carboxylic acids is 1. The van der Waals surface area contributed by atoms with Crippen molar-refractivity contribution in [2.45, 2.75) is 32.7 Å². The molecule has 0 bridgehead atoms. The maximum Gasteiger partial charge on any atom is 0.334 e. The van der Waals surface area contributed by atoms with Crippen LogP contribution in [0.2, 0.25) is 0 Å². The Morgan fingerprint density at radius 1 is 1.24 bits per heavy atom. The molecule has 116 valence electrons. The van der Waals surface area contributed by atoms with E-state index in [9.17, 15) is 9.59 Å². The highest BCUT2D eigenvalue weighted by Crippen LogP contribution is 2.07. The van der Waals surface area contributed by atoms with Gasteiger partial charge in [0.25, 0.3) is 5.91 Å². The Labute approximate surface area is 124 Å². The average Bonchev–Trinajstić information content (AvgIpc) is 2.45. The molecule has 0 heterocycles. The molecule has 2 N–H and O–H groups in total. The van der Waals surface area contributed by atoms with Crippen molar-refractivity contribution in [2.75, 3.05) is 13.7 Å². The third-order valence-corrected chi connectivity index (χ3v) is 2.81. The van der Waals surface area contributed by atoms with Gasteiger partial charge in [0.1, 0.15) is 0 Å². The van der Waals surface area contributed by atoms with Gasteiger partial charge in [-0.15, -0.1) is 0 Å². The van der Waals surface area contributed by atoms with Gasteiger partial charge in [-0.1, -0.05) is 12.1 Å². The Morgan fingerprint density at radius 3 is 2.33 bits per heavy atom. The molecule has 6 heteroatoms. The number of benzene rings is 1. The Bertz CT molecular complexity index is 469. The second-order valence-electron chi connectivity index (χ2n) is 4.83. The third kappa shape index (κ3) is 5.93. The topological polar surface area (TPSA) is 84.9 Å². The summed E-state index contributed by atoms with van der Waals surface area (Å²) in [7, 11) is 1.29. The van der Waals surface area contributed by atoms with Crippen LogP contribution < -0.4 is 5.32 Å². The molecule has 1 amide bonds. The van der Waals surface area contributed by atoms with Crippen LogP contribution in [0.5, 0.6) is 0 Å². The molecule has 0 aliphatic heterocycles. The summed E-state index contributed by atoms with van der Waals surface area (Å²) in [5, 5.41) is 11.3. The first-order valence-corrected chi connectivity index (χ1v) is 6.68. The number of methoxy groups -OCH3 is 1. The molecule has 1 aromatic rings. The Balaban J connectivity index is 2.53. The van der Waals surface area contributed by atoms with Crippen molar-refractivity contribution in [1.82, 2.24) is 5.32 Å². The van der Waals surface area contributed by atoms with Crippen LogP contribution in [0, 0.1) is 0 Å². The summed E-state index contributed by atoms with van der Waals surface area (Å²) >= 11 is 0. The highest BCUT2D eigenvalue weighted by Gasteiger charge is 2.17. The number of hydrogen-bond donors (Lipinski definition) is 2. The minimum absolute atomic E-state index is 0.0805. The van der Waals surface area contributed by atoms with Crippen molar-refractivity contribution < 1.29 is 24.2 Å². The monoisotopic (exact) mass is 295 g/mol. The molecule has 1 rings (SSSR count). The van der Waals surface area contributed by atoms with E-state index in [1.54, 1.807) is 12.1 Å². The van der Waals surface area contributed by atoms with E-state index in [1.807, 2.05) is 26.0 Å². The highest BCUT2D eigenvalue weighted by molar-refractivity contribution is 5.94. The van der Waals surface area contributed by atoms with Crippen LogP contribution in [0.1, 0.15) is 29.8 Å². The van der Waals surface area contributed by atoms with Gasteiger partial charge in [0.15, 0.2) is 6.10 Å². The number of carbonyl (C=O) groups is 2. The van der Waals surface area contributed by atoms with Crippen molar-refractivity contribution in [3.05, 3.63) is 35.4 Å². The number of carboxylic acids is 1. The third-order valence-electron chi connectivity index (χ3n) is 2.81. The molecule has 0 fully saturated rings. The Kier molecular flexibility index (Phi) is 6.84. The van der Waals surface area contributed by atoms with Crippen LogP contribution in [0.3, 0.4) is 0 Å². The van der Waals surface area contributed by atoms with E-state index in [0.29, 0.717) is 12.2 Å². The van der Waals surface area contributed by atoms with Crippen molar-refractivity contribution in [3.8, 4) is 0 Å². The van der Waals surface area contributed by atoms with Gasteiger partial charge in [0, 0.05) is 12.7 Å². The predicted octanol–water partition coefficient (Wildman–Crippen LogP) is 1.44. The Morgan fingerprint density at radius 2 is 1.86 bits per heavy atom. The minimum Gasteiger partial charge on any atom is -0.479 e. The van der Waals surface area contributed by atoms with Crippen molar-refractivity contribution >= 4 is 11.9 Å². The summed E-state index contributed by atoms with van der Waals surface area (Å²) < 4.78 is 10.2. The van der Waals surface area contributed by atoms with E-state index in [4.69, 9.17) is 14.6 Å². The zero-order valence-electron chi connectivity index (χ0n) is 12.5. The molecule has 0 saturated carbocycles. The standard InChI is InChI=1S/C15H21NO5/c1-10(2)21-9-11-4-6-12(7-5-11)14(17)16-8-13(20-3)15(18)19/h4-7,10,13H,8-9H2,1-3H3,(H,16,17)(H,18,19). The molecule has 0 aliphatic carbocycles. The maximum atomic E-state index is 11.9. The number of amides is 1. The number of nitrogens with one attached hydrogen (secondary N) is 1. The normalized spacial score (nSPS) is 12.2. The molecule has 6 nitrogen and oxygen atoms in total. The lowest BCUT2D eigenvalue weighted by Crippen LogP contribution is -2.37. The number of rotatable bonds is 8. The van der Waals surface area contributed by atoms with Gasteiger partial charge < -0.3 is 19.9 Å². The minimum atomic E-state index is -1.11. The number of carboxylic acid groups (broad SMARTS) is 1. The molecule has 0 radical (unpaired) electrons. The fourth-order valence-electron chi connectivity index (χ4n) is 1.57. The van der Waals surface area contributed by atoms with E-state index in [2.05, 4.69) is 5.32 Å². The predicted molar refractivity (Wildman–Crippen MR) is 77.1 cm³/mol. The SMILES string of the molecule is COC(CNC(=O)c1ccc(COC(C)C)cc1)C(=O)O. The summed E-state index contributed by atoms with van der Waals surface area (Å²) in [5.74, 6) is -1.45. The molecule has 21 heavy (non-hydrogen) atoms.